The Balaban J connectivity index is 1.58. The van der Waals surface area contributed by atoms with Gasteiger partial charge in [0.05, 0.1) is 23.1 Å². The summed E-state index contributed by atoms with van der Waals surface area (Å²) in [6, 6.07) is 9.83. The third-order valence-corrected chi connectivity index (χ3v) is 7.71. The number of ether oxygens (including phenoxy) is 1. The average Bonchev–Trinajstić information content (AvgIpc) is 3.35. The van der Waals surface area contributed by atoms with Crippen LogP contribution in [0, 0.1) is 6.92 Å². The van der Waals surface area contributed by atoms with E-state index in [2.05, 4.69) is 14.5 Å². The van der Waals surface area contributed by atoms with Crippen LogP contribution in [-0.4, -0.2) is 70.8 Å². The van der Waals surface area contributed by atoms with E-state index < -0.39 is 23.5 Å². The molecule has 2 aliphatic rings. The predicted molar refractivity (Wildman–Crippen MR) is 154 cm³/mol. The van der Waals surface area contributed by atoms with Gasteiger partial charge in [-0.05, 0) is 55.8 Å². The Labute approximate surface area is 233 Å². The van der Waals surface area contributed by atoms with Crippen molar-refractivity contribution in [1.82, 2.24) is 24.4 Å². The number of rotatable bonds is 5. The number of amides is 1. The van der Waals surface area contributed by atoms with E-state index in [1.54, 1.807) is 32.2 Å². The predicted octanol–water partition coefficient (Wildman–Crippen LogP) is 1.63. The molecule has 2 aromatic carbocycles. The molecule has 0 saturated heterocycles. The van der Waals surface area contributed by atoms with Gasteiger partial charge in [0, 0.05) is 35.0 Å². The number of imidazole rings is 1. The van der Waals surface area contributed by atoms with Crippen molar-refractivity contribution in [2.75, 3.05) is 0 Å². The highest BCUT2D eigenvalue weighted by molar-refractivity contribution is 6.60. The second-order valence-corrected chi connectivity index (χ2v) is 12.0. The summed E-state index contributed by atoms with van der Waals surface area (Å²) in [5.41, 5.74) is 3.55. The molecule has 40 heavy (non-hydrogen) atoms. The number of hydrogen-bond acceptors (Lipinski definition) is 6. The number of aromatic nitrogens is 4. The first-order chi connectivity index (χ1) is 18.8. The van der Waals surface area contributed by atoms with Crippen molar-refractivity contribution < 1.29 is 23.4 Å². The lowest BCUT2D eigenvalue weighted by Crippen LogP contribution is -2.54. The highest BCUT2D eigenvalue weighted by atomic mass is 19.3. The summed E-state index contributed by atoms with van der Waals surface area (Å²) in [4.78, 5) is 29.6. The highest BCUT2D eigenvalue weighted by Gasteiger charge is 2.48. The fraction of sp³-hybridized carbons (Fsp3) is 0.333. The Morgan fingerprint density at radius 1 is 1.10 bits per heavy atom. The smallest absolute Gasteiger partial charge is 0.387 e. The summed E-state index contributed by atoms with van der Waals surface area (Å²) in [5.74, 6) is 0.814. The molecule has 2 atom stereocenters. The van der Waals surface area contributed by atoms with Gasteiger partial charge in [-0.1, -0.05) is 12.1 Å². The van der Waals surface area contributed by atoms with Crippen LogP contribution < -0.4 is 4.74 Å². The second kappa shape index (κ2) is 8.89. The number of aryl methyl sites for hydroxylation is 1. The zero-order valence-corrected chi connectivity index (χ0v) is 23.2. The number of alkyl halides is 2. The topological polar surface area (TPSA) is 93.4 Å². The van der Waals surface area contributed by atoms with Crippen LogP contribution in [0.4, 0.5) is 8.78 Å². The molecule has 8 nitrogen and oxygen atoms in total. The monoisotopic (exact) mass is 541 g/mol. The molecule has 0 spiro atoms. The lowest BCUT2D eigenvalue weighted by molar-refractivity contribution is -0.0507. The van der Waals surface area contributed by atoms with E-state index in [0.29, 0.717) is 34.9 Å². The van der Waals surface area contributed by atoms with Crippen LogP contribution in [0.15, 0.2) is 42.6 Å². The van der Waals surface area contributed by atoms with Crippen molar-refractivity contribution in [2.45, 2.75) is 56.7 Å². The maximum Gasteiger partial charge on any atom is 0.387 e. The van der Waals surface area contributed by atoms with Gasteiger partial charge in [0.25, 0.3) is 5.91 Å². The third-order valence-electron chi connectivity index (χ3n) is 7.71. The molecule has 0 fully saturated rings. The van der Waals surface area contributed by atoms with E-state index in [4.69, 9.17) is 9.72 Å². The van der Waals surface area contributed by atoms with Crippen molar-refractivity contribution in [2.24, 2.45) is 0 Å². The summed E-state index contributed by atoms with van der Waals surface area (Å²) in [5, 5.41) is 9.78. The first-order valence-electron chi connectivity index (χ1n) is 13.3. The lowest BCUT2D eigenvalue weighted by atomic mass is 9.48. The van der Waals surface area contributed by atoms with Crippen LogP contribution >= 0.6 is 0 Å². The molecule has 6 rings (SSSR count). The molecule has 0 aliphatic carbocycles. The molecule has 4 aromatic rings. The molecule has 2 aromatic heterocycles. The van der Waals surface area contributed by atoms with Crippen molar-refractivity contribution in [3.63, 3.8) is 0 Å². The molecule has 2 aliphatic heterocycles. The number of halogens is 2. The lowest BCUT2D eigenvalue weighted by Gasteiger charge is -2.40. The number of nitrogens with zero attached hydrogens (tertiary/aromatic N) is 5. The quantitative estimate of drug-likeness (QED) is 0.387. The minimum atomic E-state index is -3.03. The van der Waals surface area contributed by atoms with Crippen LogP contribution in [0.2, 0.25) is 0 Å². The summed E-state index contributed by atoms with van der Waals surface area (Å²) in [6.07, 6.45) is 2.19. The van der Waals surface area contributed by atoms with Crippen LogP contribution in [0.5, 0.6) is 5.75 Å². The number of benzene rings is 2. The molecule has 13 heteroatoms. The summed E-state index contributed by atoms with van der Waals surface area (Å²) >= 11 is 0. The Kier molecular flexibility index (Phi) is 5.89. The van der Waals surface area contributed by atoms with Crippen LogP contribution in [0.25, 0.3) is 22.2 Å². The van der Waals surface area contributed by atoms with Crippen LogP contribution in [0.1, 0.15) is 65.6 Å². The summed E-state index contributed by atoms with van der Waals surface area (Å²) < 4.78 is 34.0. The zero-order valence-electron chi connectivity index (χ0n) is 23.2. The van der Waals surface area contributed by atoms with Gasteiger partial charge in [0.2, 0.25) is 0 Å². The van der Waals surface area contributed by atoms with Gasteiger partial charge in [-0.2, -0.15) is 8.78 Å². The summed E-state index contributed by atoms with van der Waals surface area (Å²) in [7, 11) is 5.90. The third kappa shape index (κ3) is 4.09. The Morgan fingerprint density at radius 3 is 2.50 bits per heavy atom. The average molecular weight is 541 g/mol. The van der Waals surface area contributed by atoms with E-state index in [1.807, 2.05) is 53.6 Å². The molecule has 2 bridgehead atoms. The SMILES string of the molecule is BC(B)(B)N1C(=O)c2cccc(OC(F)F)c2[C@H]2C[C@@H]1c1nc3ccc(-c4cnc(C(C)(C)O)nc4C)cc3n12. The highest BCUT2D eigenvalue weighted by Crippen LogP contribution is 2.51. The zero-order chi connectivity index (χ0) is 28.7. The van der Waals surface area contributed by atoms with Gasteiger partial charge in [0.15, 0.2) is 5.82 Å². The van der Waals surface area contributed by atoms with Crippen molar-refractivity contribution in [3.8, 4) is 16.9 Å². The molecule has 0 radical (unpaired) electrons. The van der Waals surface area contributed by atoms with Gasteiger partial charge in [-0.15, -0.1) is 0 Å². The second-order valence-electron chi connectivity index (χ2n) is 12.0. The van der Waals surface area contributed by atoms with E-state index in [0.717, 1.165) is 22.2 Å². The molecule has 4 heterocycles. The van der Waals surface area contributed by atoms with E-state index in [-0.39, 0.29) is 17.7 Å². The number of hydrogen-bond donors (Lipinski definition) is 1. The molecule has 0 unspecified atom stereocenters. The molecule has 1 amide bonds. The fourth-order valence-corrected chi connectivity index (χ4v) is 6.09. The van der Waals surface area contributed by atoms with Gasteiger partial charge in [0.1, 0.15) is 40.7 Å². The van der Waals surface area contributed by atoms with Crippen LogP contribution in [0.3, 0.4) is 0 Å². The Bertz CT molecular complexity index is 1680. The van der Waals surface area contributed by atoms with Gasteiger partial charge in [-0.25, -0.2) is 15.0 Å². The number of carbonyl (C=O) groups is 1. The van der Waals surface area contributed by atoms with Gasteiger partial charge >= 0.3 is 6.61 Å². The summed E-state index contributed by atoms with van der Waals surface area (Å²) in [6.45, 7) is 2.12. The molecular weight excluding hydrogens is 513 g/mol. The minimum Gasteiger partial charge on any atom is -0.434 e. The molecular formula is C27H28B3F2N5O3. The number of carbonyl (C=O) groups excluding carboxylic acids is 1. The van der Waals surface area contributed by atoms with Gasteiger partial charge < -0.3 is 19.3 Å². The van der Waals surface area contributed by atoms with Crippen molar-refractivity contribution in [1.29, 1.82) is 0 Å². The van der Waals surface area contributed by atoms with Crippen molar-refractivity contribution >= 4 is 40.5 Å². The van der Waals surface area contributed by atoms with E-state index >= 15 is 0 Å². The van der Waals surface area contributed by atoms with E-state index in [9.17, 15) is 18.7 Å². The Hall–Kier alpha value is -3.73. The molecule has 202 valence electrons. The number of fused-ring (bicyclic) bond motifs is 9. The minimum absolute atomic E-state index is 0.00216. The normalized spacial score (nSPS) is 18.7. The van der Waals surface area contributed by atoms with Gasteiger partial charge in [-0.3, -0.25) is 4.79 Å². The molecule has 0 saturated carbocycles. The maximum absolute atomic E-state index is 13.9. The van der Waals surface area contributed by atoms with Crippen molar-refractivity contribution in [3.05, 3.63) is 71.1 Å². The molecule has 1 N–H and O–H groups in total. The maximum atomic E-state index is 13.9. The van der Waals surface area contributed by atoms with Crippen LogP contribution in [-0.2, 0) is 5.60 Å². The first kappa shape index (κ1) is 26.5. The Morgan fingerprint density at radius 2 is 1.85 bits per heavy atom. The standard InChI is InChI=1S/C27H28B3F2N5O3/c1-12-15(11-33-24(34-12)26(2,3)39)13-7-8-16-17(9-13)36-18-10-19(22(36)35-16)37(27(28,29)30)23(38)14-5-4-6-20(21(14)18)40-25(31)32/h4-9,11,18-19,25,39H,10,28-30H2,1-3H3/t18-,19-/m1/s1. The number of aliphatic hydroxyl groups is 1. The largest absolute Gasteiger partial charge is 0.434 e. The fourth-order valence-electron chi connectivity index (χ4n) is 6.09. The first-order valence-corrected chi connectivity index (χ1v) is 13.3. The van der Waals surface area contributed by atoms with E-state index in [1.165, 1.54) is 6.07 Å².